The van der Waals surface area contributed by atoms with Crippen LogP contribution in [0.2, 0.25) is 0 Å². The van der Waals surface area contributed by atoms with E-state index in [0.717, 1.165) is 5.56 Å². The summed E-state index contributed by atoms with van der Waals surface area (Å²) < 4.78 is 19.9. The molecule has 3 aromatic rings. The summed E-state index contributed by atoms with van der Waals surface area (Å²) >= 11 is 0. The van der Waals surface area contributed by atoms with Crippen LogP contribution in [0.15, 0.2) is 72.8 Å². The van der Waals surface area contributed by atoms with E-state index in [1.165, 1.54) is 19.1 Å². The first-order valence-electron chi connectivity index (χ1n) is 8.81. The first kappa shape index (κ1) is 19.3. The molecule has 0 radical (unpaired) electrons. The fourth-order valence-electron chi connectivity index (χ4n) is 2.83. The smallest absolute Gasteiger partial charge is 0.315 e. The Bertz CT molecular complexity index is 998. The van der Waals surface area contributed by atoms with Gasteiger partial charge in [0.25, 0.3) is 0 Å². The standard InChI is InChI=1S/C23H19FO4/c1-15(23(26)27)17-10-11-20(21(24)14-17)18-8-5-9-19(13-18)28-22(25)12-16-6-3-2-4-7-16/h2-11,13-15H,12H2,1H3,(H,26,27). The third-order valence-corrected chi connectivity index (χ3v) is 4.43. The van der Waals surface area contributed by atoms with Crippen molar-refractivity contribution in [2.75, 3.05) is 0 Å². The molecule has 0 saturated carbocycles. The van der Waals surface area contributed by atoms with Crippen molar-refractivity contribution < 1.29 is 23.8 Å². The van der Waals surface area contributed by atoms with E-state index in [-0.39, 0.29) is 6.42 Å². The predicted molar refractivity (Wildman–Crippen MR) is 104 cm³/mol. The number of halogens is 1. The van der Waals surface area contributed by atoms with Crippen LogP contribution in [0.3, 0.4) is 0 Å². The molecule has 5 heteroatoms. The minimum atomic E-state index is -1.01. The predicted octanol–water partition coefficient (Wildman–Crippen LogP) is 4.83. The van der Waals surface area contributed by atoms with Gasteiger partial charge in [0.2, 0.25) is 0 Å². The number of esters is 1. The largest absolute Gasteiger partial charge is 0.481 e. The lowest BCUT2D eigenvalue weighted by molar-refractivity contribution is -0.138. The van der Waals surface area contributed by atoms with Gasteiger partial charge in [-0.25, -0.2) is 4.39 Å². The van der Waals surface area contributed by atoms with Gasteiger partial charge < -0.3 is 9.84 Å². The average molecular weight is 378 g/mol. The summed E-state index contributed by atoms with van der Waals surface area (Å²) in [5.41, 5.74) is 2.08. The van der Waals surface area contributed by atoms with E-state index in [9.17, 15) is 14.0 Å². The van der Waals surface area contributed by atoms with E-state index < -0.39 is 23.7 Å². The van der Waals surface area contributed by atoms with Crippen LogP contribution in [-0.2, 0) is 16.0 Å². The maximum atomic E-state index is 14.5. The first-order valence-corrected chi connectivity index (χ1v) is 8.81. The third kappa shape index (κ3) is 4.62. The van der Waals surface area contributed by atoms with Gasteiger partial charge >= 0.3 is 11.9 Å². The second-order valence-electron chi connectivity index (χ2n) is 6.46. The van der Waals surface area contributed by atoms with Crippen LogP contribution in [0.5, 0.6) is 5.75 Å². The lowest BCUT2D eigenvalue weighted by Crippen LogP contribution is -2.11. The highest BCUT2D eigenvalue weighted by molar-refractivity contribution is 5.77. The monoisotopic (exact) mass is 378 g/mol. The number of benzene rings is 3. The van der Waals surface area contributed by atoms with Gasteiger partial charge in [-0.15, -0.1) is 0 Å². The van der Waals surface area contributed by atoms with Crippen molar-refractivity contribution in [1.82, 2.24) is 0 Å². The Morgan fingerprint density at radius 2 is 1.75 bits per heavy atom. The summed E-state index contributed by atoms with van der Waals surface area (Å²) in [4.78, 5) is 23.2. The maximum absolute atomic E-state index is 14.5. The van der Waals surface area contributed by atoms with Gasteiger partial charge in [-0.2, -0.15) is 0 Å². The molecule has 0 aliphatic heterocycles. The molecule has 28 heavy (non-hydrogen) atoms. The molecule has 1 atom stereocenters. The van der Waals surface area contributed by atoms with Crippen molar-refractivity contribution in [3.8, 4) is 16.9 Å². The molecule has 3 rings (SSSR count). The number of ether oxygens (including phenoxy) is 1. The number of aliphatic carboxylic acids is 1. The summed E-state index contributed by atoms with van der Waals surface area (Å²) in [6.45, 7) is 1.50. The zero-order valence-corrected chi connectivity index (χ0v) is 15.3. The molecule has 0 aliphatic carbocycles. The van der Waals surface area contributed by atoms with E-state index in [2.05, 4.69) is 0 Å². The molecule has 142 valence electrons. The molecule has 0 fully saturated rings. The summed E-state index contributed by atoms with van der Waals surface area (Å²) in [6.07, 6.45) is 0.140. The number of hydrogen-bond acceptors (Lipinski definition) is 3. The number of hydrogen-bond donors (Lipinski definition) is 1. The van der Waals surface area contributed by atoms with Crippen molar-refractivity contribution in [1.29, 1.82) is 0 Å². The van der Waals surface area contributed by atoms with Gasteiger partial charge in [0.15, 0.2) is 0 Å². The summed E-state index contributed by atoms with van der Waals surface area (Å²) in [5.74, 6) is -2.43. The van der Waals surface area contributed by atoms with Gasteiger partial charge in [0.1, 0.15) is 11.6 Å². The van der Waals surface area contributed by atoms with E-state index in [4.69, 9.17) is 9.84 Å². The molecule has 0 aliphatic rings. The van der Waals surface area contributed by atoms with E-state index in [1.807, 2.05) is 30.3 Å². The topological polar surface area (TPSA) is 63.6 Å². The van der Waals surface area contributed by atoms with Crippen molar-refractivity contribution >= 4 is 11.9 Å². The van der Waals surface area contributed by atoms with Gasteiger partial charge in [0.05, 0.1) is 12.3 Å². The highest BCUT2D eigenvalue weighted by atomic mass is 19.1. The minimum absolute atomic E-state index is 0.140. The highest BCUT2D eigenvalue weighted by Crippen LogP contribution is 2.29. The van der Waals surface area contributed by atoms with Crippen LogP contribution in [0.1, 0.15) is 24.0 Å². The number of rotatable bonds is 6. The number of carbonyl (C=O) groups is 2. The normalized spacial score (nSPS) is 11.6. The molecule has 0 saturated heterocycles. The Morgan fingerprint density at radius 1 is 1.00 bits per heavy atom. The molecule has 0 aromatic heterocycles. The third-order valence-electron chi connectivity index (χ3n) is 4.43. The Hall–Kier alpha value is -3.47. The van der Waals surface area contributed by atoms with Gasteiger partial charge in [-0.1, -0.05) is 54.6 Å². The van der Waals surface area contributed by atoms with Crippen LogP contribution in [0.4, 0.5) is 4.39 Å². The van der Waals surface area contributed by atoms with Crippen LogP contribution in [0, 0.1) is 5.82 Å². The molecule has 1 unspecified atom stereocenters. The lowest BCUT2D eigenvalue weighted by Gasteiger charge is -2.11. The van der Waals surface area contributed by atoms with Crippen molar-refractivity contribution in [2.45, 2.75) is 19.3 Å². The second-order valence-corrected chi connectivity index (χ2v) is 6.46. The number of carboxylic acids is 1. The molecule has 0 spiro atoms. The second kappa shape index (κ2) is 8.48. The Labute approximate surface area is 162 Å². The molecule has 0 bridgehead atoms. The molecule has 0 amide bonds. The number of carbonyl (C=O) groups excluding carboxylic acids is 1. The van der Waals surface area contributed by atoms with Gasteiger partial charge in [-0.05, 0) is 41.8 Å². The summed E-state index contributed by atoms with van der Waals surface area (Å²) in [5, 5.41) is 9.07. The Morgan fingerprint density at radius 3 is 2.43 bits per heavy atom. The fraction of sp³-hybridized carbons (Fsp3) is 0.130. The maximum Gasteiger partial charge on any atom is 0.315 e. The van der Waals surface area contributed by atoms with E-state index in [1.54, 1.807) is 30.3 Å². The molecular formula is C23H19FO4. The zero-order chi connectivity index (χ0) is 20.1. The van der Waals surface area contributed by atoms with Crippen LogP contribution in [0.25, 0.3) is 11.1 Å². The Balaban J connectivity index is 1.77. The van der Waals surface area contributed by atoms with Gasteiger partial charge in [0, 0.05) is 5.56 Å². The lowest BCUT2D eigenvalue weighted by atomic mass is 9.97. The SMILES string of the molecule is CC(C(=O)O)c1ccc(-c2cccc(OC(=O)Cc3ccccc3)c2)c(F)c1. The average Bonchev–Trinajstić information content (AvgIpc) is 2.68. The first-order chi connectivity index (χ1) is 13.4. The quantitative estimate of drug-likeness (QED) is 0.493. The van der Waals surface area contributed by atoms with E-state index in [0.29, 0.717) is 22.4 Å². The van der Waals surface area contributed by atoms with Crippen LogP contribution >= 0.6 is 0 Å². The van der Waals surface area contributed by atoms with Crippen LogP contribution < -0.4 is 4.74 Å². The molecular weight excluding hydrogens is 359 g/mol. The molecule has 1 N–H and O–H groups in total. The van der Waals surface area contributed by atoms with Crippen LogP contribution in [-0.4, -0.2) is 17.0 Å². The zero-order valence-electron chi connectivity index (χ0n) is 15.3. The fourth-order valence-corrected chi connectivity index (χ4v) is 2.83. The van der Waals surface area contributed by atoms with E-state index >= 15 is 0 Å². The van der Waals surface area contributed by atoms with Gasteiger partial charge in [-0.3, -0.25) is 9.59 Å². The molecule has 4 nitrogen and oxygen atoms in total. The summed E-state index contributed by atoms with van der Waals surface area (Å²) in [7, 11) is 0. The van der Waals surface area contributed by atoms with Crippen molar-refractivity contribution in [2.24, 2.45) is 0 Å². The minimum Gasteiger partial charge on any atom is -0.481 e. The molecule has 0 heterocycles. The van der Waals surface area contributed by atoms with Crippen molar-refractivity contribution in [3.63, 3.8) is 0 Å². The van der Waals surface area contributed by atoms with Crippen molar-refractivity contribution in [3.05, 3.63) is 89.7 Å². The highest BCUT2D eigenvalue weighted by Gasteiger charge is 2.16. The Kier molecular flexibility index (Phi) is 5.84. The summed E-state index contributed by atoms with van der Waals surface area (Å²) in [6, 6.07) is 20.2. The number of carboxylic acid groups (broad SMARTS) is 1. The molecule has 3 aromatic carbocycles.